The van der Waals surface area contributed by atoms with Gasteiger partial charge in [-0.2, -0.15) is 0 Å². The van der Waals surface area contributed by atoms with E-state index < -0.39 is 11.9 Å². The lowest BCUT2D eigenvalue weighted by atomic mass is 10.1. The van der Waals surface area contributed by atoms with Gasteiger partial charge >= 0.3 is 5.97 Å². The molecular weight excluding hydrogens is 244 g/mol. The number of aromatic nitrogens is 1. The van der Waals surface area contributed by atoms with E-state index in [0.29, 0.717) is 11.0 Å². The molecule has 0 spiro atoms. The normalized spacial score (nSPS) is 19.8. The van der Waals surface area contributed by atoms with Crippen molar-refractivity contribution in [2.45, 2.75) is 13.3 Å². The van der Waals surface area contributed by atoms with Crippen LogP contribution in [0.4, 0.5) is 5.82 Å². The van der Waals surface area contributed by atoms with Crippen molar-refractivity contribution in [1.29, 1.82) is 0 Å². The third kappa shape index (κ3) is 2.24. The predicted octanol–water partition coefficient (Wildman–Crippen LogP) is 1.48. The first-order chi connectivity index (χ1) is 7.99. The van der Waals surface area contributed by atoms with Crippen LogP contribution in [0.1, 0.15) is 12.0 Å². The van der Waals surface area contributed by atoms with Gasteiger partial charge in [-0.05, 0) is 18.6 Å². The lowest BCUT2D eigenvalue weighted by Crippen LogP contribution is -2.26. The van der Waals surface area contributed by atoms with Crippen LogP contribution < -0.4 is 4.90 Å². The first kappa shape index (κ1) is 11.9. The quantitative estimate of drug-likeness (QED) is 0.812. The highest BCUT2D eigenvalue weighted by Crippen LogP contribution is 2.25. The van der Waals surface area contributed by atoms with Gasteiger partial charge in [0, 0.05) is 13.0 Å². The molecule has 1 atom stereocenters. The van der Waals surface area contributed by atoms with Crippen LogP contribution in [0.2, 0.25) is 5.15 Å². The number of carbonyl (C=O) groups is 2. The van der Waals surface area contributed by atoms with Crippen molar-refractivity contribution in [2.75, 3.05) is 11.4 Å². The molecule has 1 saturated heterocycles. The highest BCUT2D eigenvalue weighted by Gasteiger charge is 2.35. The Morgan fingerprint density at radius 3 is 2.82 bits per heavy atom. The Morgan fingerprint density at radius 1 is 1.59 bits per heavy atom. The Labute approximate surface area is 103 Å². The standard InChI is InChI=1S/C11H11ClN2O3/c1-6-2-3-8(13-10(6)12)14-5-7(11(16)17)4-9(14)15/h2-3,7H,4-5H2,1H3,(H,16,17). The predicted molar refractivity (Wildman–Crippen MR) is 62.1 cm³/mol. The largest absolute Gasteiger partial charge is 0.481 e. The molecule has 1 aliphatic rings. The van der Waals surface area contributed by atoms with Gasteiger partial charge in [0.05, 0.1) is 5.92 Å². The maximum absolute atomic E-state index is 11.7. The minimum atomic E-state index is -0.959. The van der Waals surface area contributed by atoms with E-state index >= 15 is 0 Å². The van der Waals surface area contributed by atoms with Crippen molar-refractivity contribution in [1.82, 2.24) is 4.98 Å². The van der Waals surface area contributed by atoms with Gasteiger partial charge in [0.1, 0.15) is 11.0 Å². The summed E-state index contributed by atoms with van der Waals surface area (Å²) >= 11 is 5.87. The van der Waals surface area contributed by atoms with Crippen LogP contribution in [0.5, 0.6) is 0 Å². The van der Waals surface area contributed by atoms with Gasteiger partial charge in [-0.15, -0.1) is 0 Å². The second-order valence-electron chi connectivity index (χ2n) is 4.02. The number of hydrogen-bond donors (Lipinski definition) is 1. The van der Waals surface area contributed by atoms with Gasteiger partial charge in [-0.25, -0.2) is 4.98 Å². The Bertz CT molecular complexity index is 490. The number of carboxylic acid groups (broad SMARTS) is 1. The number of aliphatic carboxylic acids is 1. The molecule has 1 unspecified atom stereocenters. The molecule has 1 aliphatic heterocycles. The van der Waals surface area contributed by atoms with E-state index in [-0.39, 0.29) is 18.9 Å². The van der Waals surface area contributed by atoms with Crippen LogP contribution in [-0.4, -0.2) is 28.5 Å². The Morgan fingerprint density at radius 2 is 2.29 bits per heavy atom. The lowest BCUT2D eigenvalue weighted by molar-refractivity contribution is -0.141. The minimum Gasteiger partial charge on any atom is -0.481 e. The molecule has 17 heavy (non-hydrogen) atoms. The van der Waals surface area contributed by atoms with Crippen molar-refractivity contribution in [2.24, 2.45) is 5.92 Å². The summed E-state index contributed by atoms with van der Waals surface area (Å²) in [5.74, 6) is -1.44. The van der Waals surface area contributed by atoms with Crippen molar-refractivity contribution in [3.63, 3.8) is 0 Å². The summed E-state index contributed by atoms with van der Waals surface area (Å²) in [7, 11) is 0. The number of nitrogens with zero attached hydrogens (tertiary/aromatic N) is 2. The van der Waals surface area contributed by atoms with Crippen molar-refractivity contribution in [3.05, 3.63) is 22.8 Å². The second kappa shape index (κ2) is 4.33. The summed E-state index contributed by atoms with van der Waals surface area (Å²) in [6.07, 6.45) is 0.0164. The fraction of sp³-hybridized carbons (Fsp3) is 0.364. The number of pyridine rings is 1. The summed E-state index contributed by atoms with van der Waals surface area (Å²) in [6, 6.07) is 3.43. The number of carbonyl (C=O) groups excluding carboxylic acids is 1. The van der Waals surface area contributed by atoms with Gasteiger partial charge < -0.3 is 5.11 Å². The molecule has 2 heterocycles. The molecule has 0 bridgehead atoms. The molecule has 2 rings (SSSR count). The van der Waals surface area contributed by atoms with E-state index in [1.807, 2.05) is 6.92 Å². The van der Waals surface area contributed by atoms with E-state index in [4.69, 9.17) is 16.7 Å². The molecule has 90 valence electrons. The van der Waals surface area contributed by atoms with Crippen LogP contribution in [0.3, 0.4) is 0 Å². The van der Waals surface area contributed by atoms with Crippen molar-refractivity contribution in [3.8, 4) is 0 Å². The number of hydrogen-bond acceptors (Lipinski definition) is 3. The number of anilines is 1. The smallest absolute Gasteiger partial charge is 0.308 e. The lowest BCUT2D eigenvalue weighted by Gasteiger charge is -2.15. The molecule has 1 aromatic heterocycles. The molecule has 1 amide bonds. The SMILES string of the molecule is Cc1ccc(N2CC(C(=O)O)CC2=O)nc1Cl. The van der Waals surface area contributed by atoms with Crippen LogP contribution >= 0.6 is 11.6 Å². The van der Waals surface area contributed by atoms with Gasteiger partial charge in [-0.1, -0.05) is 17.7 Å². The van der Waals surface area contributed by atoms with Gasteiger partial charge in [0.25, 0.3) is 0 Å². The molecule has 1 aromatic rings. The monoisotopic (exact) mass is 254 g/mol. The molecule has 1 fully saturated rings. The first-order valence-corrected chi connectivity index (χ1v) is 5.53. The molecule has 5 nitrogen and oxygen atoms in total. The summed E-state index contributed by atoms with van der Waals surface area (Å²) in [5, 5.41) is 9.20. The summed E-state index contributed by atoms with van der Waals surface area (Å²) in [4.78, 5) is 27.9. The summed E-state index contributed by atoms with van der Waals surface area (Å²) in [6.45, 7) is 1.96. The zero-order valence-corrected chi connectivity index (χ0v) is 9.94. The number of rotatable bonds is 2. The fourth-order valence-corrected chi connectivity index (χ4v) is 1.89. The first-order valence-electron chi connectivity index (χ1n) is 5.15. The summed E-state index contributed by atoms with van der Waals surface area (Å²) < 4.78 is 0. The molecule has 0 radical (unpaired) electrons. The third-order valence-corrected chi connectivity index (χ3v) is 3.15. The minimum absolute atomic E-state index is 0.0164. The fourth-order valence-electron chi connectivity index (χ4n) is 1.74. The zero-order valence-electron chi connectivity index (χ0n) is 9.18. The maximum atomic E-state index is 11.7. The van der Waals surface area contributed by atoms with Gasteiger partial charge in [0.15, 0.2) is 0 Å². The second-order valence-corrected chi connectivity index (χ2v) is 4.38. The van der Waals surface area contributed by atoms with E-state index in [0.717, 1.165) is 5.56 Å². The van der Waals surface area contributed by atoms with E-state index in [2.05, 4.69) is 4.98 Å². The van der Waals surface area contributed by atoms with Gasteiger partial charge in [-0.3, -0.25) is 14.5 Å². The van der Waals surface area contributed by atoms with E-state index in [1.165, 1.54) is 4.90 Å². The molecule has 0 saturated carbocycles. The maximum Gasteiger partial charge on any atom is 0.308 e. The number of carboxylic acids is 1. The van der Waals surface area contributed by atoms with Crippen LogP contribution in [0.25, 0.3) is 0 Å². The molecular formula is C11H11ClN2O3. The Balaban J connectivity index is 2.26. The van der Waals surface area contributed by atoms with Crippen molar-refractivity contribution >= 4 is 29.3 Å². The Hall–Kier alpha value is -1.62. The average molecular weight is 255 g/mol. The molecule has 1 N–H and O–H groups in total. The number of aryl methyl sites for hydroxylation is 1. The molecule has 0 aliphatic carbocycles. The van der Waals surface area contributed by atoms with Gasteiger partial charge in [0.2, 0.25) is 5.91 Å². The van der Waals surface area contributed by atoms with Crippen LogP contribution in [-0.2, 0) is 9.59 Å². The topological polar surface area (TPSA) is 70.5 Å². The van der Waals surface area contributed by atoms with Crippen LogP contribution in [0.15, 0.2) is 12.1 Å². The molecule has 0 aromatic carbocycles. The average Bonchev–Trinajstić information content (AvgIpc) is 2.65. The van der Waals surface area contributed by atoms with E-state index in [1.54, 1.807) is 12.1 Å². The zero-order chi connectivity index (χ0) is 12.6. The number of amides is 1. The Kier molecular flexibility index (Phi) is 3.02. The number of halogens is 1. The van der Waals surface area contributed by atoms with E-state index in [9.17, 15) is 9.59 Å². The summed E-state index contributed by atoms with van der Waals surface area (Å²) in [5.41, 5.74) is 0.817. The third-order valence-electron chi connectivity index (χ3n) is 2.77. The highest BCUT2D eigenvalue weighted by molar-refractivity contribution is 6.30. The molecule has 6 heteroatoms. The van der Waals surface area contributed by atoms with Crippen LogP contribution in [0, 0.1) is 12.8 Å². The van der Waals surface area contributed by atoms with Crippen molar-refractivity contribution < 1.29 is 14.7 Å². The highest BCUT2D eigenvalue weighted by atomic mass is 35.5.